The molecule has 10 heteroatoms. The number of pyridine rings is 2. The summed E-state index contributed by atoms with van der Waals surface area (Å²) in [4.78, 5) is 21.3. The number of halogens is 3. The van der Waals surface area contributed by atoms with Gasteiger partial charge in [-0.1, -0.05) is 37.1 Å². The molecular weight excluding hydrogens is 587 g/mol. The van der Waals surface area contributed by atoms with E-state index in [1.54, 1.807) is 30.6 Å². The van der Waals surface area contributed by atoms with Gasteiger partial charge < -0.3 is 14.4 Å². The van der Waals surface area contributed by atoms with Crippen molar-refractivity contribution in [2.75, 3.05) is 0 Å². The standard InChI is InChI=1S/C34H26F3N3O3S/c35-34(36,37)43-25-7-3-6-22(17-25)26-10-8-23-16-24(9-11-27(23)39-26)31-30(21-4-1-2-5-21)32-28(18-29(44-32)33(41)42)40(31)19-20-12-14-38-15-13-20/h3,6-18,21H,1-2,4-5,19H2,(H,41,42). The summed E-state index contributed by atoms with van der Waals surface area (Å²) >= 11 is 1.34. The van der Waals surface area contributed by atoms with E-state index in [1.165, 1.54) is 35.1 Å². The Balaban J connectivity index is 1.36. The van der Waals surface area contributed by atoms with Crippen LogP contribution in [0.2, 0.25) is 0 Å². The second-order valence-electron chi connectivity index (χ2n) is 11.0. The highest BCUT2D eigenvalue weighted by Gasteiger charge is 2.32. The van der Waals surface area contributed by atoms with E-state index in [-0.39, 0.29) is 5.75 Å². The van der Waals surface area contributed by atoms with E-state index in [4.69, 9.17) is 4.98 Å². The molecule has 4 heterocycles. The molecule has 2 aromatic carbocycles. The quantitative estimate of drug-likeness (QED) is 0.194. The molecule has 0 aliphatic heterocycles. The van der Waals surface area contributed by atoms with E-state index < -0.39 is 12.3 Å². The van der Waals surface area contributed by atoms with Gasteiger partial charge in [0.25, 0.3) is 0 Å². The molecule has 0 bridgehead atoms. The Hall–Kier alpha value is -4.70. The van der Waals surface area contributed by atoms with Gasteiger partial charge in [0.2, 0.25) is 0 Å². The molecule has 1 N–H and O–H groups in total. The average Bonchev–Trinajstić information content (AvgIpc) is 3.74. The Kier molecular flexibility index (Phi) is 7.08. The molecule has 0 atom stereocenters. The van der Waals surface area contributed by atoms with Crippen molar-refractivity contribution in [2.24, 2.45) is 0 Å². The number of alkyl halides is 3. The summed E-state index contributed by atoms with van der Waals surface area (Å²) < 4.78 is 45.7. The van der Waals surface area contributed by atoms with E-state index in [0.29, 0.717) is 34.1 Å². The van der Waals surface area contributed by atoms with Gasteiger partial charge in [0.1, 0.15) is 10.6 Å². The Morgan fingerprint density at radius 2 is 1.77 bits per heavy atom. The van der Waals surface area contributed by atoms with E-state index in [2.05, 4.69) is 20.4 Å². The van der Waals surface area contributed by atoms with Gasteiger partial charge in [-0.2, -0.15) is 0 Å². The number of aromatic carboxylic acids is 1. The van der Waals surface area contributed by atoms with Crippen LogP contribution in [-0.2, 0) is 6.54 Å². The predicted octanol–water partition coefficient (Wildman–Crippen LogP) is 9.28. The van der Waals surface area contributed by atoms with E-state index in [1.807, 2.05) is 30.3 Å². The SMILES string of the molecule is O=C(O)c1cc2c(s1)c(C1CCCC1)c(-c1ccc3nc(-c4cccc(OC(F)(F)F)c4)ccc3c1)n2Cc1ccncc1. The minimum absolute atomic E-state index is 0.298. The fraction of sp³-hybridized carbons (Fsp3) is 0.206. The molecule has 0 spiro atoms. The molecule has 222 valence electrons. The number of rotatable bonds is 7. The van der Waals surface area contributed by atoms with Crippen LogP contribution in [0, 0.1) is 0 Å². The van der Waals surface area contributed by atoms with Gasteiger partial charge >= 0.3 is 12.3 Å². The van der Waals surface area contributed by atoms with Crippen LogP contribution in [0.3, 0.4) is 0 Å². The van der Waals surface area contributed by atoms with Crippen LogP contribution in [0.15, 0.2) is 85.2 Å². The summed E-state index contributed by atoms with van der Waals surface area (Å²) in [5, 5.41) is 10.7. The largest absolute Gasteiger partial charge is 0.573 e. The molecule has 6 aromatic rings. The zero-order valence-corrected chi connectivity index (χ0v) is 24.2. The number of aromatic nitrogens is 3. The number of hydrogen-bond donors (Lipinski definition) is 1. The average molecular weight is 614 g/mol. The molecule has 1 fully saturated rings. The zero-order chi connectivity index (χ0) is 30.4. The smallest absolute Gasteiger partial charge is 0.477 e. The minimum Gasteiger partial charge on any atom is -0.477 e. The molecule has 0 saturated heterocycles. The third-order valence-corrected chi connectivity index (χ3v) is 9.31. The molecule has 1 aliphatic rings. The first-order valence-corrected chi connectivity index (χ1v) is 15.1. The fourth-order valence-corrected chi connectivity index (χ4v) is 7.40. The highest BCUT2D eigenvalue weighted by Crippen LogP contribution is 2.48. The summed E-state index contributed by atoms with van der Waals surface area (Å²) in [6, 6.07) is 21.3. The van der Waals surface area contributed by atoms with Crippen LogP contribution >= 0.6 is 11.3 Å². The summed E-state index contributed by atoms with van der Waals surface area (Å²) in [7, 11) is 0. The molecule has 1 saturated carbocycles. The zero-order valence-electron chi connectivity index (χ0n) is 23.3. The van der Waals surface area contributed by atoms with Crippen LogP contribution in [0.1, 0.15) is 52.4 Å². The van der Waals surface area contributed by atoms with Gasteiger partial charge in [0.05, 0.1) is 27.1 Å². The van der Waals surface area contributed by atoms with Gasteiger partial charge in [-0.3, -0.25) is 4.98 Å². The topological polar surface area (TPSA) is 77.2 Å². The molecular formula is C34H26F3N3O3S. The minimum atomic E-state index is -4.78. The first-order valence-electron chi connectivity index (χ1n) is 14.3. The highest BCUT2D eigenvalue weighted by atomic mass is 32.1. The van der Waals surface area contributed by atoms with E-state index in [0.717, 1.165) is 58.1 Å². The van der Waals surface area contributed by atoms with Crippen LogP contribution < -0.4 is 4.74 Å². The monoisotopic (exact) mass is 613 g/mol. The number of carboxylic acid groups (broad SMARTS) is 1. The highest BCUT2D eigenvalue weighted by molar-refractivity contribution is 7.21. The van der Waals surface area contributed by atoms with Crippen molar-refractivity contribution < 1.29 is 27.8 Å². The van der Waals surface area contributed by atoms with Gasteiger partial charge in [-0.15, -0.1) is 24.5 Å². The molecule has 0 radical (unpaired) electrons. The molecule has 0 amide bonds. The number of hydrogen-bond acceptors (Lipinski definition) is 5. The first kappa shape index (κ1) is 28.1. The van der Waals surface area contributed by atoms with Gasteiger partial charge in [0.15, 0.2) is 0 Å². The van der Waals surface area contributed by atoms with Crippen molar-refractivity contribution in [3.8, 4) is 28.3 Å². The van der Waals surface area contributed by atoms with Crippen LogP contribution in [0.25, 0.3) is 43.6 Å². The summed E-state index contributed by atoms with van der Waals surface area (Å²) in [5.41, 5.74) is 7.01. The summed E-state index contributed by atoms with van der Waals surface area (Å²) in [6.45, 7) is 0.558. The van der Waals surface area contributed by atoms with E-state index in [9.17, 15) is 23.1 Å². The van der Waals surface area contributed by atoms with Crippen LogP contribution in [0.5, 0.6) is 5.75 Å². The number of thiophene rings is 1. The molecule has 4 aromatic heterocycles. The molecule has 0 unspecified atom stereocenters. The van der Waals surface area contributed by atoms with Crippen molar-refractivity contribution in [1.29, 1.82) is 0 Å². The predicted molar refractivity (Wildman–Crippen MR) is 164 cm³/mol. The van der Waals surface area contributed by atoms with Crippen molar-refractivity contribution in [3.05, 3.63) is 101 Å². The molecule has 44 heavy (non-hydrogen) atoms. The Morgan fingerprint density at radius 1 is 0.977 bits per heavy atom. The lowest BCUT2D eigenvalue weighted by atomic mass is 9.94. The number of ether oxygens (including phenoxy) is 1. The van der Waals surface area contributed by atoms with Crippen LogP contribution in [0.4, 0.5) is 13.2 Å². The maximum atomic E-state index is 12.8. The second kappa shape index (κ2) is 11.1. The van der Waals surface area contributed by atoms with Crippen molar-refractivity contribution >= 4 is 38.4 Å². The maximum Gasteiger partial charge on any atom is 0.573 e. The lowest BCUT2D eigenvalue weighted by molar-refractivity contribution is -0.274. The summed E-state index contributed by atoms with van der Waals surface area (Å²) in [5.74, 6) is -0.898. The molecule has 6 nitrogen and oxygen atoms in total. The second-order valence-corrected chi connectivity index (χ2v) is 12.0. The lowest BCUT2D eigenvalue weighted by Gasteiger charge is -2.17. The van der Waals surface area contributed by atoms with Crippen molar-refractivity contribution in [2.45, 2.75) is 44.5 Å². The number of nitrogens with zero attached hydrogens (tertiary/aromatic N) is 3. The maximum absolute atomic E-state index is 12.8. The third kappa shape index (κ3) is 5.41. The van der Waals surface area contributed by atoms with Gasteiger partial charge in [-0.25, -0.2) is 9.78 Å². The third-order valence-electron chi connectivity index (χ3n) is 8.16. The number of benzene rings is 2. The van der Waals surface area contributed by atoms with E-state index >= 15 is 0 Å². The Bertz CT molecular complexity index is 2010. The normalized spacial score (nSPS) is 14.1. The van der Waals surface area contributed by atoms with Gasteiger partial charge in [-0.05, 0) is 84.0 Å². The van der Waals surface area contributed by atoms with Crippen molar-refractivity contribution in [3.63, 3.8) is 0 Å². The first-order chi connectivity index (χ1) is 21.2. The Morgan fingerprint density at radius 3 is 2.52 bits per heavy atom. The fourth-order valence-electron chi connectivity index (χ4n) is 6.28. The van der Waals surface area contributed by atoms with Crippen molar-refractivity contribution in [1.82, 2.24) is 14.5 Å². The Labute approximate surface area is 254 Å². The number of carbonyl (C=O) groups is 1. The molecule has 7 rings (SSSR count). The lowest BCUT2D eigenvalue weighted by Crippen LogP contribution is -2.17. The summed E-state index contributed by atoms with van der Waals surface area (Å²) in [6.07, 6.45) is 3.12. The van der Waals surface area contributed by atoms with Crippen LogP contribution in [-0.4, -0.2) is 32.0 Å². The number of carboxylic acids is 1. The molecule has 1 aliphatic carbocycles. The number of fused-ring (bicyclic) bond motifs is 2. The van der Waals surface area contributed by atoms with Gasteiger partial charge in [0, 0.05) is 29.9 Å².